The third kappa shape index (κ3) is 4.90. The van der Waals surface area contributed by atoms with Crippen LogP contribution in [0.2, 0.25) is 0 Å². The number of aromatic nitrogens is 1. The first-order valence-electron chi connectivity index (χ1n) is 8.48. The van der Waals surface area contributed by atoms with Gasteiger partial charge in [0.05, 0.1) is 5.52 Å². The summed E-state index contributed by atoms with van der Waals surface area (Å²) in [6.45, 7) is 6.74. The van der Waals surface area contributed by atoms with E-state index < -0.39 is 0 Å². The molecule has 1 aromatic carbocycles. The molecule has 0 aliphatic carbocycles. The summed E-state index contributed by atoms with van der Waals surface area (Å²) in [6.07, 6.45) is 4.01. The molecule has 1 saturated heterocycles. The molecule has 1 aromatic heterocycles. The Morgan fingerprint density at radius 2 is 1.96 bits per heavy atom. The molecule has 0 amide bonds. The van der Waals surface area contributed by atoms with Crippen LogP contribution in [0.1, 0.15) is 30.5 Å². The van der Waals surface area contributed by atoms with Crippen LogP contribution < -0.4 is 5.32 Å². The van der Waals surface area contributed by atoms with Crippen molar-refractivity contribution in [2.75, 3.05) is 26.7 Å². The maximum Gasteiger partial charge on any atom is 0.0705 e. The maximum absolute atomic E-state index is 4.58. The van der Waals surface area contributed by atoms with E-state index in [2.05, 4.69) is 45.5 Å². The number of piperidine rings is 1. The topological polar surface area (TPSA) is 28.2 Å². The largest absolute Gasteiger partial charge is 0.320 e. The molecular weight excluding hydrogens is 306 g/mol. The number of nitrogens with zero attached hydrogens (tertiary/aromatic N) is 2. The molecule has 0 unspecified atom stereocenters. The zero-order valence-corrected chi connectivity index (χ0v) is 15.0. The Morgan fingerprint density at radius 1 is 1.17 bits per heavy atom. The van der Waals surface area contributed by atoms with Gasteiger partial charge in [-0.15, -0.1) is 12.4 Å². The lowest BCUT2D eigenvalue weighted by Crippen LogP contribution is -2.34. The van der Waals surface area contributed by atoms with Crippen molar-refractivity contribution >= 4 is 23.3 Å². The summed E-state index contributed by atoms with van der Waals surface area (Å²) in [5, 5.41) is 4.52. The van der Waals surface area contributed by atoms with Crippen LogP contribution in [0, 0.1) is 12.8 Å². The summed E-state index contributed by atoms with van der Waals surface area (Å²) < 4.78 is 0. The molecule has 126 valence electrons. The third-order valence-corrected chi connectivity index (χ3v) is 4.81. The lowest BCUT2D eigenvalue weighted by Gasteiger charge is -2.32. The van der Waals surface area contributed by atoms with E-state index in [4.69, 9.17) is 0 Å². The molecule has 1 aliphatic heterocycles. The molecule has 0 atom stereocenters. The number of fused-ring (bicyclic) bond motifs is 1. The minimum Gasteiger partial charge on any atom is -0.320 e. The van der Waals surface area contributed by atoms with Gasteiger partial charge in [-0.2, -0.15) is 0 Å². The molecule has 0 saturated carbocycles. The molecule has 1 fully saturated rings. The molecule has 4 heteroatoms. The van der Waals surface area contributed by atoms with Crippen molar-refractivity contribution in [1.82, 2.24) is 15.2 Å². The van der Waals surface area contributed by atoms with Gasteiger partial charge in [0.1, 0.15) is 0 Å². The zero-order valence-electron chi connectivity index (χ0n) is 14.2. The van der Waals surface area contributed by atoms with Crippen LogP contribution in [0.25, 0.3) is 10.9 Å². The third-order valence-electron chi connectivity index (χ3n) is 4.81. The van der Waals surface area contributed by atoms with E-state index in [-0.39, 0.29) is 12.4 Å². The summed E-state index contributed by atoms with van der Waals surface area (Å²) in [5.41, 5.74) is 3.60. The Bertz CT molecular complexity index is 621. The molecule has 1 N–H and O–H groups in total. The van der Waals surface area contributed by atoms with Crippen LogP contribution in [0.3, 0.4) is 0 Å². The highest BCUT2D eigenvalue weighted by Gasteiger charge is 2.18. The quantitative estimate of drug-likeness (QED) is 0.902. The van der Waals surface area contributed by atoms with E-state index in [1.807, 2.05) is 14.0 Å². The fourth-order valence-electron chi connectivity index (χ4n) is 3.42. The van der Waals surface area contributed by atoms with Crippen molar-refractivity contribution in [2.24, 2.45) is 5.92 Å². The van der Waals surface area contributed by atoms with Crippen LogP contribution in [-0.2, 0) is 6.54 Å². The van der Waals surface area contributed by atoms with E-state index in [0.29, 0.717) is 0 Å². The second-order valence-corrected chi connectivity index (χ2v) is 6.59. The Kier molecular flexibility index (Phi) is 6.82. The number of benzene rings is 1. The average molecular weight is 334 g/mol. The van der Waals surface area contributed by atoms with Gasteiger partial charge in [0, 0.05) is 17.6 Å². The average Bonchev–Trinajstić information content (AvgIpc) is 2.54. The van der Waals surface area contributed by atoms with E-state index in [1.165, 1.54) is 43.3 Å². The minimum atomic E-state index is 0. The van der Waals surface area contributed by atoms with Gasteiger partial charge in [-0.3, -0.25) is 9.88 Å². The highest BCUT2D eigenvalue weighted by molar-refractivity contribution is 5.85. The Labute approximate surface area is 145 Å². The molecule has 3 nitrogen and oxygen atoms in total. The summed E-state index contributed by atoms with van der Waals surface area (Å²) in [4.78, 5) is 7.18. The van der Waals surface area contributed by atoms with Gasteiger partial charge in [-0.25, -0.2) is 0 Å². The van der Waals surface area contributed by atoms with Gasteiger partial charge in [-0.05, 0) is 82.5 Å². The Balaban J connectivity index is 0.00000192. The molecule has 3 rings (SSSR count). The van der Waals surface area contributed by atoms with Crippen LogP contribution in [-0.4, -0.2) is 36.6 Å². The van der Waals surface area contributed by atoms with Crippen molar-refractivity contribution in [2.45, 2.75) is 32.7 Å². The molecule has 1 aliphatic rings. The van der Waals surface area contributed by atoms with Gasteiger partial charge in [0.25, 0.3) is 0 Å². The smallest absolute Gasteiger partial charge is 0.0705 e. The first-order chi connectivity index (χ1) is 10.7. The SMILES string of the molecule is CNCCC1CCN(Cc2ccc3nc(C)ccc3c2)CC1.Cl. The van der Waals surface area contributed by atoms with E-state index >= 15 is 0 Å². The van der Waals surface area contributed by atoms with Gasteiger partial charge in [0.2, 0.25) is 0 Å². The van der Waals surface area contributed by atoms with E-state index in [9.17, 15) is 0 Å². The van der Waals surface area contributed by atoms with Crippen LogP contribution in [0.4, 0.5) is 0 Å². The second kappa shape index (κ2) is 8.62. The normalized spacial score (nSPS) is 16.4. The van der Waals surface area contributed by atoms with Crippen molar-refractivity contribution in [3.8, 4) is 0 Å². The molecule has 23 heavy (non-hydrogen) atoms. The van der Waals surface area contributed by atoms with Crippen molar-refractivity contribution in [3.05, 3.63) is 41.6 Å². The molecular formula is C19H28ClN3. The zero-order chi connectivity index (χ0) is 15.4. The predicted octanol–water partition coefficient (Wildman–Crippen LogP) is 3.79. The number of pyridine rings is 1. The van der Waals surface area contributed by atoms with Crippen LogP contribution in [0.5, 0.6) is 0 Å². The van der Waals surface area contributed by atoms with Gasteiger partial charge in [0.15, 0.2) is 0 Å². The van der Waals surface area contributed by atoms with Gasteiger partial charge >= 0.3 is 0 Å². The van der Waals surface area contributed by atoms with E-state index in [1.54, 1.807) is 0 Å². The van der Waals surface area contributed by atoms with Crippen molar-refractivity contribution in [3.63, 3.8) is 0 Å². The number of halogens is 1. The standard InChI is InChI=1S/C19H27N3.ClH/c1-15-3-5-18-13-17(4-6-19(18)21-15)14-22-11-8-16(9-12-22)7-10-20-2;/h3-6,13,16,20H,7-12,14H2,1-2H3;1H. The molecule has 0 bridgehead atoms. The second-order valence-electron chi connectivity index (χ2n) is 6.59. The highest BCUT2D eigenvalue weighted by Crippen LogP contribution is 2.22. The molecule has 2 aromatic rings. The lowest BCUT2D eigenvalue weighted by molar-refractivity contribution is 0.172. The number of hydrogen-bond donors (Lipinski definition) is 1. The molecule has 2 heterocycles. The minimum absolute atomic E-state index is 0. The summed E-state index contributed by atoms with van der Waals surface area (Å²) >= 11 is 0. The summed E-state index contributed by atoms with van der Waals surface area (Å²) in [7, 11) is 2.05. The monoisotopic (exact) mass is 333 g/mol. The van der Waals surface area contributed by atoms with Gasteiger partial charge < -0.3 is 5.32 Å². The first-order valence-corrected chi connectivity index (χ1v) is 8.48. The lowest BCUT2D eigenvalue weighted by atomic mass is 9.93. The number of aryl methyl sites for hydroxylation is 1. The highest BCUT2D eigenvalue weighted by atomic mass is 35.5. The number of likely N-dealkylation sites (tertiary alicyclic amines) is 1. The summed E-state index contributed by atoms with van der Waals surface area (Å²) in [6, 6.07) is 11.0. The maximum atomic E-state index is 4.58. The van der Waals surface area contributed by atoms with Gasteiger partial charge in [-0.1, -0.05) is 12.1 Å². The first kappa shape index (κ1) is 18.2. The van der Waals surface area contributed by atoms with Crippen LogP contribution >= 0.6 is 12.4 Å². The van der Waals surface area contributed by atoms with E-state index in [0.717, 1.165) is 30.2 Å². The number of hydrogen-bond acceptors (Lipinski definition) is 3. The Morgan fingerprint density at radius 3 is 2.70 bits per heavy atom. The fraction of sp³-hybridized carbons (Fsp3) is 0.526. The summed E-state index contributed by atoms with van der Waals surface area (Å²) in [5.74, 6) is 0.910. The Hall–Kier alpha value is -1.16. The number of rotatable bonds is 5. The van der Waals surface area contributed by atoms with Crippen molar-refractivity contribution in [1.29, 1.82) is 0 Å². The number of nitrogens with one attached hydrogen (secondary N) is 1. The fourth-order valence-corrected chi connectivity index (χ4v) is 3.42. The van der Waals surface area contributed by atoms with Crippen LogP contribution in [0.15, 0.2) is 30.3 Å². The van der Waals surface area contributed by atoms with Crippen molar-refractivity contribution < 1.29 is 0 Å². The molecule has 0 spiro atoms. The predicted molar refractivity (Wildman–Crippen MR) is 100 cm³/mol. The molecule has 0 radical (unpaired) electrons.